The van der Waals surface area contributed by atoms with Crippen LogP contribution in [0.3, 0.4) is 0 Å². The molecule has 0 atom stereocenters. The highest BCUT2D eigenvalue weighted by molar-refractivity contribution is 5.40. The second kappa shape index (κ2) is 6.13. The van der Waals surface area contributed by atoms with Crippen molar-refractivity contribution in [2.75, 3.05) is 10.6 Å². The molecule has 100 valence electrons. The molecule has 0 saturated carbocycles. The number of hydrogen-bond donors (Lipinski definition) is 2. The molecule has 1 aromatic heterocycles. The van der Waals surface area contributed by atoms with Crippen molar-refractivity contribution in [2.24, 2.45) is 0 Å². The quantitative estimate of drug-likeness (QED) is 0.867. The predicted octanol–water partition coefficient (Wildman–Crippen LogP) is 3.05. The zero-order valence-electron chi connectivity index (χ0n) is 11.0. The number of nitrogens with one attached hydrogen (secondary N) is 2. The van der Waals surface area contributed by atoms with Gasteiger partial charge in [0.2, 0.25) is 5.95 Å². The van der Waals surface area contributed by atoms with E-state index in [1.807, 2.05) is 13.8 Å². The van der Waals surface area contributed by atoms with E-state index < -0.39 is 0 Å². The molecule has 0 unspecified atom stereocenters. The van der Waals surface area contributed by atoms with Gasteiger partial charge in [-0.25, -0.2) is 9.37 Å². The molecular weight excluding hydrogens is 243 g/mol. The van der Waals surface area contributed by atoms with Gasteiger partial charge < -0.3 is 10.6 Å². The number of halogens is 1. The largest absolute Gasteiger partial charge is 0.368 e. The molecule has 0 bridgehead atoms. The van der Waals surface area contributed by atoms with Gasteiger partial charge in [-0.3, -0.25) is 0 Å². The smallest absolute Gasteiger partial charge is 0.224 e. The molecule has 0 saturated heterocycles. The summed E-state index contributed by atoms with van der Waals surface area (Å²) in [5.41, 5.74) is 0.591. The summed E-state index contributed by atoms with van der Waals surface area (Å²) >= 11 is 0. The van der Waals surface area contributed by atoms with Gasteiger partial charge in [-0.15, -0.1) is 0 Å². The fourth-order valence-corrected chi connectivity index (χ4v) is 1.64. The van der Waals surface area contributed by atoms with Gasteiger partial charge in [0.15, 0.2) is 0 Å². The summed E-state index contributed by atoms with van der Waals surface area (Å²) in [5, 5.41) is 6.20. The first-order chi connectivity index (χ1) is 9.15. The summed E-state index contributed by atoms with van der Waals surface area (Å²) in [6.45, 7) is 4.43. The maximum Gasteiger partial charge on any atom is 0.224 e. The Hall–Kier alpha value is -2.17. The molecule has 5 heteroatoms. The Labute approximate surface area is 112 Å². The molecule has 1 aromatic carbocycles. The van der Waals surface area contributed by atoms with Gasteiger partial charge in [-0.1, -0.05) is 18.2 Å². The van der Waals surface area contributed by atoms with Crippen molar-refractivity contribution in [1.82, 2.24) is 9.97 Å². The van der Waals surface area contributed by atoms with Crippen molar-refractivity contribution in [3.05, 3.63) is 47.9 Å². The average molecular weight is 260 g/mol. The van der Waals surface area contributed by atoms with Crippen LogP contribution in [0.1, 0.15) is 19.4 Å². The minimum atomic E-state index is -0.230. The van der Waals surface area contributed by atoms with Crippen LogP contribution < -0.4 is 10.6 Å². The van der Waals surface area contributed by atoms with Crippen LogP contribution in [0.25, 0.3) is 0 Å². The first-order valence-electron chi connectivity index (χ1n) is 6.22. The van der Waals surface area contributed by atoms with Crippen LogP contribution >= 0.6 is 0 Å². The standard InChI is InChI=1S/C14H17FN4/c1-10(2)18-13-7-8-16-14(19-13)17-9-11-5-3-4-6-12(11)15/h3-8,10H,9H2,1-2H3,(H2,16,17,18,19). The molecule has 2 N–H and O–H groups in total. The number of benzene rings is 1. The maximum absolute atomic E-state index is 13.5. The monoisotopic (exact) mass is 260 g/mol. The zero-order chi connectivity index (χ0) is 13.7. The number of rotatable bonds is 5. The Balaban J connectivity index is 2.02. The van der Waals surface area contributed by atoms with E-state index in [1.54, 1.807) is 30.5 Å². The lowest BCUT2D eigenvalue weighted by Crippen LogP contribution is -2.12. The third kappa shape index (κ3) is 3.91. The second-order valence-electron chi connectivity index (χ2n) is 4.51. The predicted molar refractivity (Wildman–Crippen MR) is 74.5 cm³/mol. The maximum atomic E-state index is 13.5. The van der Waals surface area contributed by atoms with Gasteiger partial charge >= 0.3 is 0 Å². The highest BCUT2D eigenvalue weighted by Crippen LogP contribution is 2.10. The lowest BCUT2D eigenvalue weighted by molar-refractivity contribution is 0.612. The number of hydrogen-bond acceptors (Lipinski definition) is 4. The fraction of sp³-hybridized carbons (Fsp3) is 0.286. The van der Waals surface area contributed by atoms with Gasteiger partial charge in [0.1, 0.15) is 11.6 Å². The number of anilines is 2. The molecule has 2 aromatic rings. The molecule has 2 rings (SSSR count). The van der Waals surface area contributed by atoms with Gasteiger partial charge in [0.05, 0.1) is 0 Å². The summed E-state index contributed by atoms with van der Waals surface area (Å²) in [5.74, 6) is 1.00. The van der Waals surface area contributed by atoms with Crippen LogP contribution in [-0.4, -0.2) is 16.0 Å². The molecule has 0 radical (unpaired) electrons. The first-order valence-corrected chi connectivity index (χ1v) is 6.22. The van der Waals surface area contributed by atoms with Gasteiger partial charge in [0, 0.05) is 24.3 Å². The molecule has 1 heterocycles. The molecule has 0 aliphatic rings. The van der Waals surface area contributed by atoms with Crippen molar-refractivity contribution >= 4 is 11.8 Å². The first kappa shape index (κ1) is 13.3. The highest BCUT2D eigenvalue weighted by atomic mass is 19.1. The minimum absolute atomic E-state index is 0.230. The summed E-state index contributed by atoms with van der Waals surface area (Å²) < 4.78 is 13.5. The van der Waals surface area contributed by atoms with Crippen molar-refractivity contribution in [3.8, 4) is 0 Å². The Kier molecular flexibility index (Phi) is 4.28. The van der Waals surface area contributed by atoms with Gasteiger partial charge in [-0.2, -0.15) is 4.98 Å². The average Bonchev–Trinajstić information content (AvgIpc) is 2.37. The SMILES string of the molecule is CC(C)Nc1ccnc(NCc2ccccc2F)n1. The van der Waals surface area contributed by atoms with Crippen molar-refractivity contribution in [3.63, 3.8) is 0 Å². The van der Waals surface area contributed by atoms with Crippen LogP contribution in [0, 0.1) is 5.82 Å². The molecular formula is C14H17FN4. The lowest BCUT2D eigenvalue weighted by atomic mass is 10.2. The minimum Gasteiger partial charge on any atom is -0.368 e. The van der Waals surface area contributed by atoms with Crippen LogP contribution in [0.4, 0.5) is 16.2 Å². The van der Waals surface area contributed by atoms with Gasteiger partial charge in [0.25, 0.3) is 0 Å². The van der Waals surface area contributed by atoms with Gasteiger partial charge in [-0.05, 0) is 26.0 Å². The van der Waals surface area contributed by atoms with Crippen LogP contribution in [0.15, 0.2) is 36.5 Å². The Morgan fingerprint density at radius 3 is 2.74 bits per heavy atom. The third-order valence-corrected chi connectivity index (χ3v) is 2.49. The number of aromatic nitrogens is 2. The van der Waals surface area contributed by atoms with Crippen molar-refractivity contribution in [1.29, 1.82) is 0 Å². The summed E-state index contributed by atoms with van der Waals surface area (Å²) in [7, 11) is 0. The van der Waals surface area contributed by atoms with E-state index in [-0.39, 0.29) is 5.82 Å². The molecule has 19 heavy (non-hydrogen) atoms. The van der Waals surface area contributed by atoms with Crippen LogP contribution in [0.5, 0.6) is 0 Å². The van der Waals surface area contributed by atoms with E-state index in [9.17, 15) is 4.39 Å². The van der Waals surface area contributed by atoms with E-state index in [0.717, 1.165) is 5.82 Å². The second-order valence-corrected chi connectivity index (χ2v) is 4.51. The van der Waals surface area contributed by atoms with Crippen LogP contribution in [-0.2, 0) is 6.54 Å². The highest BCUT2D eigenvalue weighted by Gasteiger charge is 2.03. The van der Waals surface area contributed by atoms with E-state index in [4.69, 9.17) is 0 Å². The van der Waals surface area contributed by atoms with Crippen molar-refractivity contribution in [2.45, 2.75) is 26.4 Å². The van der Waals surface area contributed by atoms with E-state index in [1.165, 1.54) is 6.07 Å². The van der Waals surface area contributed by atoms with E-state index in [2.05, 4.69) is 20.6 Å². The summed E-state index contributed by atoms with van der Waals surface area (Å²) in [6.07, 6.45) is 1.67. The Morgan fingerprint density at radius 1 is 1.21 bits per heavy atom. The van der Waals surface area contributed by atoms with E-state index in [0.29, 0.717) is 24.1 Å². The third-order valence-electron chi connectivity index (χ3n) is 2.49. The number of nitrogens with zero attached hydrogens (tertiary/aromatic N) is 2. The topological polar surface area (TPSA) is 49.8 Å². The molecule has 0 aliphatic carbocycles. The fourth-order valence-electron chi connectivity index (χ4n) is 1.64. The Bertz CT molecular complexity index is 542. The molecule has 0 amide bonds. The molecule has 0 spiro atoms. The van der Waals surface area contributed by atoms with E-state index >= 15 is 0 Å². The molecule has 4 nitrogen and oxygen atoms in total. The summed E-state index contributed by atoms with van der Waals surface area (Å²) in [6, 6.07) is 8.75. The Morgan fingerprint density at radius 2 is 2.00 bits per heavy atom. The summed E-state index contributed by atoms with van der Waals surface area (Å²) in [4.78, 5) is 8.41. The lowest BCUT2D eigenvalue weighted by Gasteiger charge is -2.10. The molecule has 0 aliphatic heterocycles. The molecule has 0 fully saturated rings. The normalized spacial score (nSPS) is 10.5. The van der Waals surface area contributed by atoms with Crippen LogP contribution in [0.2, 0.25) is 0 Å². The van der Waals surface area contributed by atoms with Crippen molar-refractivity contribution < 1.29 is 4.39 Å². The zero-order valence-corrected chi connectivity index (χ0v) is 11.0.